The smallest absolute Gasteiger partial charge is 0.123 e. The van der Waals surface area contributed by atoms with Crippen molar-refractivity contribution in [3.05, 3.63) is 29.8 Å². The first-order valence-corrected chi connectivity index (χ1v) is 11.4. The number of nitrogens with one attached hydrogen (secondary N) is 1. The number of para-hydroxylation sites is 1. The molecule has 0 aromatic heterocycles. The molecule has 0 bridgehead atoms. The summed E-state index contributed by atoms with van der Waals surface area (Å²) in [4.78, 5) is 2.31. The molecule has 1 aromatic carbocycles. The number of rotatable bonds is 12. The van der Waals surface area contributed by atoms with Gasteiger partial charge in [-0.3, -0.25) is 0 Å². The van der Waals surface area contributed by atoms with Gasteiger partial charge >= 0.3 is 0 Å². The Hall–Kier alpha value is -0.750. The fourth-order valence-electron chi connectivity index (χ4n) is 3.60. The van der Waals surface area contributed by atoms with Crippen LogP contribution in [0, 0.1) is 0 Å². The minimum atomic E-state index is -0.454. The van der Waals surface area contributed by atoms with Crippen molar-refractivity contribution in [1.82, 2.24) is 10.2 Å². The van der Waals surface area contributed by atoms with E-state index in [1.54, 1.807) is 0 Å². The average Bonchev–Trinajstić information content (AvgIpc) is 2.67. The summed E-state index contributed by atoms with van der Waals surface area (Å²) in [7, 11) is 2.13. The third-order valence-corrected chi connectivity index (χ3v) is 5.81. The summed E-state index contributed by atoms with van der Waals surface area (Å²) in [6.07, 6.45) is 9.38. The first kappa shape index (κ1) is 21.5. The molecule has 1 aromatic rings. The highest BCUT2D eigenvalue weighted by Gasteiger charge is 2.20. The van der Waals surface area contributed by atoms with E-state index in [4.69, 9.17) is 4.74 Å². The first-order valence-electron chi connectivity index (χ1n) is 9.99. The molecule has 4 nitrogen and oxygen atoms in total. The highest BCUT2D eigenvalue weighted by Crippen LogP contribution is 2.22. The topological polar surface area (TPSA) is 44.7 Å². The van der Waals surface area contributed by atoms with E-state index in [9.17, 15) is 5.11 Å². The molecule has 1 fully saturated rings. The van der Waals surface area contributed by atoms with Crippen molar-refractivity contribution in [1.29, 1.82) is 0 Å². The van der Waals surface area contributed by atoms with Gasteiger partial charge in [0.15, 0.2) is 0 Å². The van der Waals surface area contributed by atoms with Crippen LogP contribution in [-0.4, -0.2) is 60.9 Å². The van der Waals surface area contributed by atoms with Crippen LogP contribution < -0.4 is 10.1 Å². The summed E-state index contributed by atoms with van der Waals surface area (Å²) in [5.74, 6) is 2.07. The molecule has 2 rings (SSSR count). The lowest BCUT2D eigenvalue weighted by atomic mass is 9.94. The predicted molar refractivity (Wildman–Crippen MR) is 112 cm³/mol. The summed E-state index contributed by atoms with van der Waals surface area (Å²) in [5, 5.41) is 13.9. The molecule has 1 unspecified atom stereocenters. The number of thioether (sulfide) groups is 1. The van der Waals surface area contributed by atoms with Crippen LogP contribution in [0.3, 0.4) is 0 Å². The van der Waals surface area contributed by atoms with Gasteiger partial charge in [0.2, 0.25) is 0 Å². The Morgan fingerprint density at radius 1 is 1.27 bits per heavy atom. The third-order valence-electron chi connectivity index (χ3n) is 5.12. The van der Waals surface area contributed by atoms with Crippen molar-refractivity contribution in [2.45, 2.75) is 57.2 Å². The normalized spacial score (nSPS) is 16.8. The number of nitrogens with zero attached hydrogens (tertiary/aromatic N) is 1. The first-order chi connectivity index (χ1) is 12.7. The van der Waals surface area contributed by atoms with Gasteiger partial charge in [-0.2, -0.15) is 11.8 Å². The molecule has 0 radical (unpaired) electrons. The zero-order valence-corrected chi connectivity index (χ0v) is 17.3. The molecule has 1 saturated carbocycles. The fraction of sp³-hybridized carbons (Fsp3) is 0.714. The number of benzene rings is 1. The van der Waals surface area contributed by atoms with Gasteiger partial charge in [-0.1, -0.05) is 37.5 Å². The molecule has 0 amide bonds. The van der Waals surface area contributed by atoms with Crippen molar-refractivity contribution in [3.8, 4) is 5.75 Å². The molecule has 1 aliphatic carbocycles. The summed E-state index contributed by atoms with van der Waals surface area (Å²) in [6.45, 7) is 2.85. The second-order valence-electron chi connectivity index (χ2n) is 7.33. The predicted octanol–water partition coefficient (Wildman–Crippen LogP) is 3.53. The number of aliphatic hydroxyl groups excluding tert-OH is 1. The Labute approximate surface area is 163 Å². The molecule has 0 aliphatic heterocycles. The minimum absolute atomic E-state index is 0.348. The fourth-order valence-corrected chi connectivity index (χ4v) is 4.03. The second-order valence-corrected chi connectivity index (χ2v) is 8.31. The Balaban J connectivity index is 1.73. The lowest BCUT2D eigenvalue weighted by Gasteiger charge is -2.32. The van der Waals surface area contributed by atoms with Crippen LogP contribution in [0.4, 0.5) is 0 Å². The number of hydrogen-bond acceptors (Lipinski definition) is 5. The van der Waals surface area contributed by atoms with E-state index in [0.717, 1.165) is 24.4 Å². The van der Waals surface area contributed by atoms with Gasteiger partial charge in [0.1, 0.15) is 18.5 Å². The molecule has 26 heavy (non-hydrogen) atoms. The van der Waals surface area contributed by atoms with E-state index in [2.05, 4.69) is 29.6 Å². The SMILES string of the molecule is CSCCCNCc1ccccc1OCC(O)CN(C)C1CCCCC1. The van der Waals surface area contributed by atoms with E-state index in [1.807, 2.05) is 30.0 Å². The van der Waals surface area contributed by atoms with Gasteiger partial charge in [-0.05, 0) is 50.9 Å². The van der Waals surface area contributed by atoms with E-state index < -0.39 is 6.10 Å². The highest BCUT2D eigenvalue weighted by atomic mass is 32.2. The van der Waals surface area contributed by atoms with Crippen molar-refractivity contribution < 1.29 is 9.84 Å². The molecule has 5 heteroatoms. The third kappa shape index (κ3) is 7.87. The van der Waals surface area contributed by atoms with Crippen LogP contribution in [0.25, 0.3) is 0 Å². The van der Waals surface area contributed by atoms with Crippen molar-refractivity contribution in [3.63, 3.8) is 0 Å². The van der Waals surface area contributed by atoms with Crippen LogP contribution >= 0.6 is 11.8 Å². The van der Waals surface area contributed by atoms with E-state index in [-0.39, 0.29) is 0 Å². The Morgan fingerprint density at radius 2 is 2.04 bits per heavy atom. The molecule has 2 N–H and O–H groups in total. The molecule has 148 valence electrons. The van der Waals surface area contributed by atoms with E-state index in [1.165, 1.54) is 44.3 Å². The Morgan fingerprint density at radius 3 is 2.81 bits per heavy atom. The number of aliphatic hydroxyl groups is 1. The van der Waals surface area contributed by atoms with Gasteiger partial charge in [-0.25, -0.2) is 0 Å². The highest BCUT2D eigenvalue weighted by molar-refractivity contribution is 7.98. The van der Waals surface area contributed by atoms with E-state index >= 15 is 0 Å². The zero-order chi connectivity index (χ0) is 18.6. The second kappa shape index (κ2) is 12.6. The molecular weight excluding hydrogens is 344 g/mol. The molecule has 0 heterocycles. The van der Waals surface area contributed by atoms with Gasteiger partial charge < -0.3 is 20.1 Å². The van der Waals surface area contributed by atoms with E-state index in [0.29, 0.717) is 19.2 Å². The molecule has 0 spiro atoms. The number of ether oxygens (including phenoxy) is 1. The van der Waals surface area contributed by atoms with Gasteiger partial charge in [0.25, 0.3) is 0 Å². The molecule has 1 aliphatic rings. The van der Waals surface area contributed by atoms with Crippen LogP contribution in [0.1, 0.15) is 44.1 Å². The molecular formula is C21H36N2O2S. The van der Waals surface area contributed by atoms with Crippen molar-refractivity contribution >= 4 is 11.8 Å². The monoisotopic (exact) mass is 380 g/mol. The largest absolute Gasteiger partial charge is 0.491 e. The summed E-state index contributed by atoms with van der Waals surface area (Å²) in [6, 6.07) is 8.75. The van der Waals surface area contributed by atoms with Crippen molar-refractivity contribution in [2.24, 2.45) is 0 Å². The van der Waals surface area contributed by atoms with Crippen molar-refractivity contribution in [2.75, 3.05) is 38.8 Å². The Kier molecular flexibility index (Phi) is 10.4. The summed E-state index contributed by atoms with van der Waals surface area (Å²) in [5.41, 5.74) is 1.16. The lowest BCUT2D eigenvalue weighted by Crippen LogP contribution is -2.40. The summed E-state index contributed by atoms with van der Waals surface area (Å²) < 4.78 is 5.94. The van der Waals surface area contributed by atoms with Crippen LogP contribution in [0.15, 0.2) is 24.3 Å². The van der Waals surface area contributed by atoms with Gasteiger partial charge in [0, 0.05) is 24.7 Å². The standard InChI is InChI=1S/C21H36N2O2S/c1-23(19-10-4-3-5-11-19)16-20(24)17-25-21-12-7-6-9-18(21)15-22-13-8-14-26-2/h6-7,9,12,19-20,22,24H,3-5,8,10-11,13-17H2,1-2H3. The van der Waals surface area contributed by atoms with Crippen LogP contribution in [0.5, 0.6) is 5.75 Å². The van der Waals surface area contributed by atoms with Gasteiger partial charge in [-0.15, -0.1) is 0 Å². The lowest BCUT2D eigenvalue weighted by molar-refractivity contribution is 0.0558. The zero-order valence-electron chi connectivity index (χ0n) is 16.5. The number of hydrogen-bond donors (Lipinski definition) is 2. The average molecular weight is 381 g/mol. The maximum atomic E-state index is 10.4. The maximum absolute atomic E-state index is 10.4. The molecule has 1 atom stereocenters. The maximum Gasteiger partial charge on any atom is 0.123 e. The number of likely N-dealkylation sites (N-methyl/N-ethyl adjacent to an activating group) is 1. The minimum Gasteiger partial charge on any atom is -0.491 e. The summed E-state index contributed by atoms with van der Waals surface area (Å²) >= 11 is 1.88. The van der Waals surface area contributed by atoms with Crippen LogP contribution in [0.2, 0.25) is 0 Å². The van der Waals surface area contributed by atoms with Gasteiger partial charge in [0.05, 0.1) is 0 Å². The van der Waals surface area contributed by atoms with Crippen LogP contribution in [-0.2, 0) is 6.54 Å². The Bertz CT molecular complexity index is 495. The molecule has 0 saturated heterocycles. The quantitative estimate of drug-likeness (QED) is 0.543.